The van der Waals surface area contributed by atoms with Crippen LogP contribution in [-0.4, -0.2) is 32.7 Å². The van der Waals surface area contributed by atoms with Crippen molar-refractivity contribution in [3.8, 4) is 0 Å². The number of benzene rings is 1. The minimum absolute atomic E-state index is 0. The van der Waals surface area contributed by atoms with Crippen molar-refractivity contribution in [1.29, 1.82) is 0 Å². The first-order valence-corrected chi connectivity index (χ1v) is 7.30. The average Bonchev–Trinajstić information content (AvgIpc) is 2.49. The van der Waals surface area contributed by atoms with E-state index in [1.807, 2.05) is 6.07 Å². The summed E-state index contributed by atoms with van der Waals surface area (Å²) in [6, 6.07) is 5.04. The van der Waals surface area contributed by atoms with Crippen molar-refractivity contribution in [2.45, 2.75) is 26.3 Å². The van der Waals surface area contributed by atoms with Gasteiger partial charge in [-0.05, 0) is 50.0 Å². The molecule has 2 N–H and O–H groups in total. The van der Waals surface area contributed by atoms with Crippen molar-refractivity contribution in [3.63, 3.8) is 0 Å². The van der Waals surface area contributed by atoms with Gasteiger partial charge in [0.05, 0.1) is 12.0 Å². The Kier molecular flexibility index (Phi) is 7.26. The predicted octanol–water partition coefficient (Wildman–Crippen LogP) is 2.19. The van der Waals surface area contributed by atoms with Gasteiger partial charge in [0.1, 0.15) is 5.82 Å². The molecule has 0 spiro atoms. The maximum absolute atomic E-state index is 13.5. The number of aryl methyl sites for hydroxylation is 1. The number of carbonyl (C=O) groups is 1. The van der Waals surface area contributed by atoms with Gasteiger partial charge in [-0.3, -0.25) is 4.79 Å². The van der Waals surface area contributed by atoms with E-state index in [2.05, 4.69) is 10.6 Å². The number of nitrogens with one attached hydrogen (secondary N) is 2. The molecule has 0 atom stereocenters. The highest BCUT2D eigenvalue weighted by Crippen LogP contribution is 2.29. The monoisotopic (exact) mass is 330 g/mol. The Hall–Kier alpha value is -1.17. The van der Waals surface area contributed by atoms with Crippen molar-refractivity contribution in [2.24, 2.45) is 5.41 Å². The lowest BCUT2D eigenvalue weighted by Gasteiger charge is -2.35. The number of halogens is 2. The molecule has 22 heavy (non-hydrogen) atoms. The van der Waals surface area contributed by atoms with Gasteiger partial charge >= 0.3 is 0 Å². The molecule has 1 amide bonds. The lowest BCUT2D eigenvalue weighted by molar-refractivity contribution is -0.136. The average molecular weight is 331 g/mol. The Labute approximate surface area is 137 Å². The molecule has 1 aliphatic rings. The van der Waals surface area contributed by atoms with Crippen LogP contribution in [0.5, 0.6) is 0 Å². The molecular formula is C16H24ClFN2O2. The first kappa shape index (κ1) is 18.9. The van der Waals surface area contributed by atoms with Crippen LogP contribution in [0, 0.1) is 18.2 Å². The van der Waals surface area contributed by atoms with E-state index in [4.69, 9.17) is 4.74 Å². The van der Waals surface area contributed by atoms with Crippen LogP contribution in [0.2, 0.25) is 0 Å². The zero-order valence-corrected chi connectivity index (χ0v) is 13.9. The maximum Gasteiger partial charge on any atom is 0.228 e. The summed E-state index contributed by atoms with van der Waals surface area (Å²) in [6.07, 6.45) is 1.52. The standard InChI is InChI=1S/C16H23FN2O2.ClH/c1-12-3-4-13(9-14(12)17)10-19-15(20)16(11-21-2)5-7-18-8-6-16;/h3-4,9,18H,5-8,10-11H2,1-2H3,(H,19,20);1H. The molecule has 0 radical (unpaired) electrons. The van der Waals surface area contributed by atoms with Crippen LogP contribution in [-0.2, 0) is 16.1 Å². The number of carbonyl (C=O) groups excluding carboxylic acids is 1. The van der Waals surface area contributed by atoms with E-state index < -0.39 is 5.41 Å². The van der Waals surface area contributed by atoms with E-state index in [9.17, 15) is 9.18 Å². The first-order valence-electron chi connectivity index (χ1n) is 7.30. The van der Waals surface area contributed by atoms with Crippen LogP contribution in [0.1, 0.15) is 24.0 Å². The number of methoxy groups -OCH3 is 1. The van der Waals surface area contributed by atoms with Gasteiger partial charge in [-0.25, -0.2) is 4.39 Å². The topological polar surface area (TPSA) is 50.4 Å². The minimum atomic E-state index is -0.469. The molecule has 0 saturated carbocycles. The fourth-order valence-corrected chi connectivity index (χ4v) is 2.73. The Morgan fingerprint density at radius 3 is 2.68 bits per heavy atom. The molecule has 1 fully saturated rings. The third kappa shape index (κ3) is 4.41. The number of hydrogen-bond acceptors (Lipinski definition) is 3. The van der Waals surface area contributed by atoms with Gasteiger partial charge in [0.25, 0.3) is 0 Å². The van der Waals surface area contributed by atoms with Crippen LogP contribution in [0.3, 0.4) is 0 Å². The summed E-state index contributed by atoms with van der Waals surface area (Å²) in [6.45, 7) is 4.11. The second-order valence-electron chi connectivity index (χ2n) is 5.73. The molecule has 4 nitrogen and oxygen atoms in total. The molecule has 1 saturated heterocycles. The number of amides is 1. The van der Waals surface area contributed by atoms with Gasteiger partial charge in [-0.15, -0.1) is 12.4 Å². The van der Waals surface area contributed by atoms with Crippen LogP contribution < -0.4 is 10.6 Å². The molecule has 0 bridgehead atoms. The van der Waals surface area contributed by atoms with Crippen LogP contribution >= 0.6 is 12.4 Å². The van der Waals surface area contributed by atoms with Crippen molar-refractivity contribution in [2.75, 3.05) is 26.8 Å². The number of piperidine rings is 1. The molecule has 1 aromatic rings. The van der Waals surface area contributed by atoms with Gasteiger partial charge in [0, 0.05) is 13.7 Å². The fourth-order valence-electron chi connectivity index (χ4n) is 2.73. The normalized spacial score (nSPS) is 16.7. The molecule has 1 aliphatic heterocycles. The number of hydrogen-bond donors (Lipinski definition) is 2. The number of rotatable bonds is 5. The predicted molar refractivity (Wildman–Crippen MR) is 86.6 cm³/mol. The molecule has 0 aromatic heterocycles. The first-order chi connectivity index (χ1) is 10.1. The minimum Gasteiger partial charge on any atom is -0.384 e. The summed E-state index contributed by atoms with van der Waals surface area (Å²) in [4.78, 5) is 12.5. The summed E-state index contributed by atoms with van der Waals surface area (Å²) < 4.78 is 18.8. The molecule has 0 unspecified atom stereocenters. The van der Waals surface area contributed by atoms with Gasteiger partial charge in [-0.2, -0.15) is 0 Å². The smallest absolute Gasteiger partial charge is 0.228 e. The largest absolute Gasteiger partial charge is 0.384 e. The van der Waals surface area contributed by atoms with E-state index in [1.165, 1.54) is 6.07 Å². The highest BCUT2D eigenvalue weighted by Gasteiger charge is 2.39. The molecule has 1 heterocycles. The highest BCUT2D eigenvalue weighted by molar-refractivity contribution is 5.85. The second-order valence-corrected chi connectivity index (χ2v) is 5.73. The third-order valence-corrected chi connectivity index (χ3v) is 4.15. The van der Waals surface area contributed by atoms with Gasteiger partial charge in [-0.1, -0.05) is 12.1 Å². The summed E-state index contributed by atoms with van der Waals surface area (Å²) >= 11 is 0. The van der Waals surface area contributed by atoms with Gasteiger partial charge in [0.2, 0.25) is 5.91 Å². The van der Waals surface area contributed by atoms with E-state index in [1.54, 1.807) is 20.1 Å². The molecule has 2 rings (SSSR count). The summed E-state index contributed by atoms with van der Waals surface area (Å²) in [5, 5.41) is 6.18. The highest BCUT2D eigenvalue weighted by atomic mass is 35.5. The number of ether oxygens (including phenoxy) is 1. The van der Waals surface area contributed by atoms with Crippen LogP contribution in [0.4, 0.5) is 4.39 Å². The van der Waals surface area contributed by atoms with Gasteiger partial charge in [0.15, 0.2) is 0 Å². The van der Waals surface area contributed by atoms with Crippen LogP contribution in [0.25, 0.3) is 0 Å². The fraction of sp³-hybridized carbons (Fsp3) is 0.562. The van der Waals surface area contributed by atoms with Gasteiger partial charge < -0.3 is 15.4 Å². The lowest BCUT2D eigenvalue weighted by atomic mass is 9.78. The molecule has 124 valence electrons. The zero-order chi connectivity index (χ0) is 15.3. The Bertz CT molecular complexity index is 499. The Balaban J connectivity index is 0.00000242. The van der Waals surface area contributed by atoms with E-state index >= 15 is 0 Å². The molecule has 6 heteroatoms. The second kappa shape index (κ2) is 8.46. The van der Waals surface area contributed by atoms with Crippen molar-refractivity contribution >= 4 is 18.3 Å². The quantitative estimate of drug-likeness (QED) is 0.870. The van der Waals surface area contributed by atoms with E-state index in [-0.39, 0.29) is 24.1 Å². The summed E-state index contributed by atoms with van der Waals surface area (Å²) in [5.74, 6) is -0.248. The SMILES string of the molecule is COCC1(C(=O)NCc2ccc(C)c(F)c2)CCNCC1.Cl. The third-order valence-electron chi connectivity index (χ3n) is 4.15. The Morgan fingerprint density at radius 2 is 2.09 bits per heavy atom. The van der Waals surface area contributed by atoms with E-state index in [0.29, 0.717) is 18.7 Å². The van der Waals surface area contributed by atoms with Crippen molar-refractivity contribution in [1.82, 2.24) is 10.6 Å². The molecular weight excluding hydrogens is 307 g/mol. The lowest BCUT2D eigenvalue weighted by Crippen LogP contribution is -2.49. The zero-order valence-electron chi connectivity index (χ0n) is 13.1. The van der Waals surface area contributed by atoms with Crippen molar-refractivity contribution < 1.29 is 13.9 Å². The summed E-state index contributed by atoms with van der Waals surface area (Å²) in [7, 11) is 1.62. The van der Waals surface area contributed by atoms with E-state index in [0.717, 1.165) is 31.5 Å². The molecule has 0 aliphatic carbocycles. The maximum atomic E-state index is 13.5. The summed E-state index contributed by atoms with van der Waals surface area (Å²) in [5.41, 5.74) is 0.913. The van der Waals surface area contributed by atoms with Crippen molar-refractivity contribution in [3.05, 3.63) is 35.1 Å². The molecule has 1 aromatic carbocycles. The van der Waals surface area contributed by atoms with Crippen LogP contribution in [0.15, 0.2) is 18.2 Å². The Morgan fingerprint density at radius 1 is 1.41 bits per heavy atom.